The molecule has 1 nitrogen and oxygen atoms in total. The Morgan fingerprint density at radius 1 is 1.04 bits per heavy atom. The summed E-state index contributed by atoms with van der Waals surface area (Å²) in [6.45, 7) is 15.2. The van der Waals surface area contributed by atoms with Crippen LogP contribution in [0.2, 0.25) is 0 Å². The van der Waals surface area contributed by atoms with E-state index in [1.54, 1.807) is 0 Å². The van der Waals surface area contributed by atoms with Crippen LogP contribution in [0.4, 0.5) is 0 Å². The molecule has 1 heteroatoms. The van der Waals surface area contributed by atoms with Gasteiger partial charge in [0.25, 0.3) is 0 Å². The zero-order valence-corrected chi connectivity index (χ0v) is 16.0. The minimum Gasteiger partial charge on any atom is -0.256 e. The van der Waals surface area contributed by atoms with Crippen LogP contribution in [-0.4, -0.2) is 4.98 Å². The summed E-state index contributed by atoms with van der Waals surface area (Å²) < 4.78 is 0. The predicted octanol–water partition coefficient (Wildman–Crippen LogP) is 7.07. The zero-order valence-electron chi connectivity index (χ0n) is 16.0. The minimum absolute atomic E-state index is 0.522. The predicted molar refractivity (Wildman–Crippen MR) is 110 cm³/mol. The first-order chi connectivity index (χ1) is 11.9. The van der Waals surface area contributed by atoms with Gasteiger partial charge >= 0.3 is 0 Å². The highest BCUT2D eigenvalue weighted by atomic mass is 14.7. The third kappa shape index (κ3) is 3.24. The molecular weight excluding hydrogens is 302 g/mol. The quantitative estimate of drug-likeness (QED) is 0.499. The van der Waals surface area contributed by atoms with Crippen LogP contribution in [-0.2, 0) is 0 Å². The maximum atomic E-state index is 4.72. The molecule has 0 saturated heterocycles. The lowest BCUT2D eigenvalue weighted by atomic mass is 9.86. The molecule has 1 heterocycles. The standard InChI is InChI=1S/C24H27N/c1-7-18(6)20-8-9-22-21(23(20)15(2)3)10-11-25-24(22)19-13-16(4)12-17(5)14-19/h8-14,18H,2,7H2,1,3-6H3. The summed E-state index contributed by atoms with van der Waals surface area (Å²) in [6.07, 6.45) is 3.06. The van der Waals surface area contributed by atoms with Crippen molar-refractivity contribution >= 4 is 16.3 Å². The van der Waals surface area contributed by atoms with Crippen LogP contribution in [0.3, 0.4) is 0 Å². The summed E-state index contributed by atoms with van der Waals surface area (Å²) >= 11 is 0. The molecule has 0 radical (unpaired) electrons. The fourth-order valence-corrected chi connectivity index (χ4v) is 3.72. The second-order valence-corrected chi connectivity index (χ2v) is 7.25. The van der Waals surface area contributed by atoms with Crippen molar-refractivity contribution < 1.29 is 0 Å². The lowest BCUT2D eigenvalue weighted by Crippen LogP contribution is -1.99. The van der Waals surface area contributed by atoms with Crippen molar-refractivity contribution in [3.05, 3.63) is 71.4 Å². The van der Waals surface area contributed by atoms with E-state index in [0.717, 1.165) is 17.7 Å². The second kappa shape index (κ2) is 6.84. The van der Waals surface area contributed by atoms with Gasteiger partial charge in [-0.25, -0.2) is 0 Å². The van der Waals surface area contributed by atoms with Crippen LogP contribution in [0.25, 0.3) is 27.6 Å². The third-order valence-electron chi connectivity index (χ3n) is 5.04. The molecule has 25 heavy (non-hydrogen) atoms. The number of hydrogen-bond donors (Lipinski definition) is 0. The molecule has 0 N–H and O–H groups in total. The first-order valence-corrected chi connectivity index (χ1v) is 9.08. The normalized spacial score (nSPS) is 12.4. The van der Waals surface area contributed by atoms with Gasteiger partial charge in [-0.3, -0.25) is 4.98 Å². The first-order valence-electron chi connectivity index (χ1n) is 9.08. The Morgan fingerprint density at radius 3 is 2.32 bits per heavy atom. The number of hydrogen-bond acceptors (Lipinski definition) is 1. The molecule has 1 unspecified atom stereocenters. The Bertz CT molecular complexity index is 929. The summed E-state index contributed by atoms with van der Waals surface area (Å²) in [6, 6.07) is 13.3. The molecule has 2 aromatic carbocycles. The fourth-order valence-electron chi connectivity index (χ4n) is 3.72. The van der Waals surface area contributed by atoms with Gasteiger partial charge in [-0.1, -0.05) is 55.3 Å². The van der Waals surface area contributed by atoms with Gasteiger partial charge in [0.2, 0.25) is 0 Å². The van der Waals surface area contributed by atoms with Gasteiger partial charge in [0.1, 0.15) is 0 Å². The van der Waals surface area contributed by atoms with Crippen molar-refractivity contribution in [3.63, 3.8) is 0 Å². The minimum atomic E-state index is 0.522. The molecule has 0 fully saturated rings. The van der Waals surface area contributed by atoms with Gasteiger partial charge in [-0.05, 0) is 67.8 Å². The summed E-state index contributed by atoms with van der Waals surface area (Å²) in [5.74, 6) is 0.522. The van der Waals surface area contributed by atoms with E-state index < -0.39 is 0 Å². The maximum absolute atomic E-state index is 4.72. The van der Waals surface area contributed by atoms with Crippen molar-refractivity contribution in [2.75, 3.05) is 0 Å². The largest absolute Gasteiger partial charge is 0.256 e. The van der Waals surface area contributed by atoms with E-state index in [0.29, 0.717) is 5.92 Å². The van der Waals surface area contributed by atoms with Crippen molar-refractivity contribution in [1.29, 1.82) is 0 Å². The Hall–Kier alpha value is -2.41. The van der Waals surface area contributed by atoms with Crippen LogP contribution >= 0.6 is 0 Å². The van der Waals surface area contributed by atoms with Crippen LogP contribution in [0.5, 0.6) is 0 Å². The van der Waals surface area contributed by atoms with E-state index in [9.17, 15) is 0 Å². The molecule has 0 spiro atoms. The third-order valence-corrected chi connectivity index (χ3v) is 5.04. The topological polar surface area (TPSA) is 12.9 Å². The number of allylic oxidation sites excluding steroid dienone is 1. The molecule has 128 valence electrons. The molecular formula is C24H27N. The molecule has 0 saturated carbocycles. The number of rotatable bonds is 4. The second-order valence-electron chi connectivity index (χ2n) is 7.25. The molecule has 0 bridgehead atoms. The number of aromatic nitrogens is 1. The van der Waals surface area contributed by atoms with Crippen molar-refractivity contribution in [1.82, 2.24) is 4.98 Å². The molecule has 0 amide bonds. The van der Waals surface area contributed by atoms with Gasteiger partial charge in [0.15, 0.2) is 0 Å². The maximum Gasteiger partial charge on any atom is 0.0780 e. The van der Waals surface area contributed by atoms with Crippen molar-refractivity contribution in [2.24, 2.45) is 0 Å². The molecule has 1 atom stereocenters. The molecule has 3 rings (SSSR count). The lowest BCUT2D eigenvalue weighted by molar-refractivity contribution is 0.732. The lowest BCUT2D eigenvalue weighted by Gasteiger charge is -2.19. The summed E-state index contributed by atoms with van der Waals surface area (Å²) in [7, 11) is 0. The highest BCUT2D eigenvalue weighted by Crippen LogP contribution is 2.36. The van der Waals surface area contributed by atoms with E-state index >= 15 is 0 Å². The van der Waals surface area contributed by atoms with Crippen LogP contribution < -0.4 is 0 Å². The average molecular weight is 329 g/mol. The van der Waals surface area contributed by atoms with Crippen LogP contribution in [0, 0.1) is 13.8 Å². The number of benzene rings is 2. The first kappa shape index (κ1) is 17.4. The Balaban J connectivity index is 2.34. The highest BCUT2D eigenvalue weighted by molar-refractivity contribution is 6.01. The van der Waals surface area contributed by atoms with Crippen LogP contribution in [0.1, 0.15) is 55.4 Å². The average Bonchev–Trinajstić information content (AvgIpc) is 2.58. The Kier molecular flexibility index (Phi) is 4.76. The fraction of sp³-hybridized carbons (Fsp3) is 0.292. The Labute approximate surface area is 151 Å². The molecule has 0 aliphatic rings. The van der Waals surface area contributed by atoms with Gasteiger partial charge in [0, 0.05) is 17.1 Å². The summed E-state index contributed by atoms with van der Waals surface area (Å²) in [4.78, 5) is 4.72. The number of pyridine rings is 1. The number of nitrogens with zero attached hydrogens (tertiary/aromatic N) is 1. The van der Waals surface area contributed by atoms with Gasteiger partial charge in [0.05, 0.1) is 5.69 Å². The Morgan fingerprint density at radius 2 is 1.72 bits per heavy atom. The monoisotopic (exact) mass is 329 g/mol. The van der Waals surface area contributed by atoms with E-state index in [1.807, 2.05) is 6.20 Å². The summed E-state index contributed by atoms with van der Waals surface area (Å²) in [5, 5.41) is 2.46. The van der Waals surface area contributed by atoms with E-state index in [4.69, 9.17) is 4.98 Å². The smallest absolute Gasteiger partial charge is 0.0780 e. The van der Waals surface area contributed by atoms with E-state index in [2.05, 4.69) is 77.6 Å². The van der Waals surface area contributed by atoms with E-state index in [-0.39, 0.29) is 0 Å². The van der Waals surface area contributed by atoms with E-state index in [1.165, 1.54) is 38.6 Å². The van der Waals surface area contributed by atoms with Gasteiger partial charge < -0.3 is 0 Å². The van der Waals surface area contributed by atoms with Crippen molar-refractivity contribution in [3.8, 4) is 11.3 Å². The molecule has 0 aliphatic carbocycles. The number of fused-ring (bicyclic) bond motifs is 1. The highest BCUT2D eigenvalue weighted by Gasteiger charge is 2.16. The number of aryl methyl sites for hydroxylation is 2. The van der Waals surface area contributed by atoms with Crippen molar-refractivity contribution in [2.45, 2.75) is 47.0 Å². The SMILES string of the molecule is C=C(C)c1c(C(C)CC)ccc2c(-c3cc(C)cc(C)c3)nccc12. The van der Waals surface area contributed by atoms with Gasteiger partial charge in [-0.15, -0.1) is 0 Å². The van der Waals surface area contributed by atoms with Crippen LogP contribution in [0.15, 0.2) is 49.2 Å². The molecule has 3 aromatic rings. The zero-order chi connectivity index (χ0) is 18.1. The molecule has 1 aromatic heterocycles. The van der Waals surface area contributed by atoms with Gasteiger partial charge in [-0.2, -0.15) is 0 Å². The summed E-state index contributed by atoms with van der Waals surface area (Å²) in [5.41, 5.74) is 8.59. The molecule has 0 aliphatic heterocycles.